The number of nitrogens with zero attached hydrogens (tertiary/aromatic N) is 1. The molecule has 0 aliphatic carbocycles. The molecule has 0 spiro atoms. The van der Waals surface area contributed by atoms with Gasteiger partial charge in [-0.05, 0) is 27.9 Å². The third-order valence-corrected chi connectivity index (χ3v) is 5.04. The molecule has 1 aromatic carbocycles. The van der Waals surface area contributed by atoms with Crippen LogP contribution in [0, 0.1) is 17.6 Å². The lowest BCUT2D eigenvalue weighted by atomic mass is 10.2. The first-order valence-electron chi connectivity index (χ1n) is 5.27. The van der Waals surface area contributed by atoms with Crippen molar-refractivity contribution < 1.29 is 17.2 Å². The van der Waals surface area contributed by atoms with E-state index in [1.54, 1.807) is 0 Å². The Kier molecular flexibility index (Phi) is 4.85. The van der Waals surface area contributed by atoms with Crippen LogP contribution in [0.25, 0.3) is 0 Å². The molecule has 0 aromatic heterocycles. The summed E-state index contributed by atoms with van der Waals surface area (Å²) in [5.74, 6) is -1.82. The highest BCUT2D eigenvalue weighted by Gasteiger charge is 2.28. The van der Waals surface area contributed by atoms with Crippen LogP contribution in [-0.4, -0.2) is 26.3 Å². The van der Waals surface area contributed by atoms with Gasteiger partial charge in [0.15, 0.2) is 0 Å². The number of halogens is 3. The van der Waals surface area contributed by atoms with Crippen LogP contribution < -0.4 is 0 Å². The van der Waals surface area contributed by atoms with E-state index in [1.165, 1.54) is 7.05 Å². The number of rotatable bonds is 4. The van der Waals surface area contributed by atoms with E-state index in [0.717, 1.165) is 10.4 Å². The monoisotopic (exact) mass is 341 g/mol. The van der Waals surface area contributed by atoms with Gasteiger partial charge in [-0.3, -0.25) is 0 Å². The van der Waals surface area contributed by atoms with E-state index < -0.39 is 26.6 Å². The first-order valence-corrected chi connectivity index (χ1v) is 7.50. The molecule has 0 bridgehead atoms. The van der Waals surface area contributed by atoms with E-state index >= 15 is 0 Å². The summed E-state index contributed by atoms with van der Waals surface area (Å²) in [6, 6.07) is 1.49. The molecule has 0 amide bonds. The van der Waals surface area contributed by atoms with E-state index in [9.17, 15) is 17.2 Å². The highest BCUT2D eigenvalue weighted by atomic mass is 79.9. The molecule has 0 saturated carbocycles. The molecular formula is C11H14BrF2NO2S. The fourth-order valence-corrected chi connectivity index (χ4v) is 3.98. The minimum absolute atomic E-state index is 0.104. The molecular weight excluding hydrogens is 328 g/mol. The Labute approximate surface area is 114 Å². The van der Waals surface area contributed by atoms with Gasteiger partial charge < -0.3 is 0 Å². The normalized spacial score (nSPS) is 12.4. The standard InChI is InChI=1S/C11H14BrF2NO2S/c1-7(2)6-15(3)18(16,17)11-9(12)4-8(13)5-10(11)14/h4-5,7H,6H2,1-3H3. The van der Waals surface area contributed by atoms with Gasteiger partial charge in [0, 0.05) is 24.1 Å². The maximum Gasteiger partial charge on any atom is 0.246 e. The van der Waals surface area contributed by atoms with Gasteiger partial charge in [-0.2, -0.15) is 0 Å². The fourth-order valence-electron chi connectivity index (χ4n) is 1.54. The summed E-state index contributed by atoms with van der Waals surface area (Å²) >= 11 is 2.88. The molecule has 0 heterocycles. The molecule has 0 radical (unpaired) electrons. The lowest BCUT2D eigenvalue weighted by molar-refractivity contribution is 0.413. The van der Waals surface area contributed by atoms with Crippen LogP contribution in [-0.2, 0) is 10.0 Å². The van der Waals surface area contributed by atoms with E-state index in [4.69, 9.17) is 0 Å². The predicted molar refractivity (Wildman–Crippen MR) is 68.7 cm³/mol. The molecule has 102 valence electrons. The van der Waals surface area contributed by atoms with Crippen molar-refractivity contribution in [1.29, 1.82) is 0 Å². The van der Waals surface area contributed by atoms with Gasteiger partial charge in [-0.25, -0.2) is 21.5 Å². The summed E-state index contributed by atoms with van der Waals surface area (Å²) in [5.41, 5.74) is 0. The Bertz CT molecular complexity index is 523. The molecule has 0 aliphatic rings. The maximum absolute atomic E-state index is 13.6. The maximum atomic E-state index is 13.6. The second kappa shape index (κ2) is 5.63. The summed E-state index contributed by atoms with van der Waals surface area (Å²) in [7, 11) is -2.60. The average molecular weight is 342 g/mol. The van der Waals surface area contributed by atoms with E-state index in [2.05, 4.69) is 15.9 Å². The molecule has 7 heteroatoms. The van der Waals surface area contributed by atoms with Crippen LogP contribution in [0.3, 0.4) is 0 Å². The van der Waals surface area contributed by atoms with Crippen molar-refractivity contribution in [3.63, 3.8) is 0 Å². The zero-order valence-electron chi connectivity index (χ0n) is 10.2. The number of hydrogen-bond acceptors (Lipinski definition) is 2. The van der Waals surface area contributed by atoms with Gasteiger partial charge in [-0.1, -0.05) is 13.8 Å². The molecule has 0 atom stereocenters. The lowest BCUT2D eigenvalue weighted by Gasteiger charge is -2.20. The summed E-state index contributed by atoms with van der Waals surface area (Å²) < 4.78 is 51.8. The molecule has 1 rings (SSSR count). The van der Waals surface area contributed by atoms with E-state index in [-0.39, 0.29) is 16.9 Å². The quantitative estimate of drug-likeness (QED) is 0.844. The molecule has 3 nitrogen and oxygen atoms in total. The molecule has 0 saturated heterocycles. The van der Waals surface area contributed by atoms with Gasteiger partial charge >= 0.3 is 0 Å². The van der Waals surface area contributed by atoms with Crippen LogP contribution in [0.2, 0.25) is 0 Å². The first-order chi connectivity index (χ1) is 8.16. The summed E-state index contributed by atoms with van der Waals surface area (Å²) in [6.07, 6.45) is 0. The van der Waals surface area contributed by atoms with Gasteiger partial charge in [0.2, 0.25) is 10.0 Å². The second-order valence-electron chi connectivity index (χ2n) is 4.38. The van der Waals surface area contributed by atoms with Crippen LogP contribution in [0.4, 0.5) is 8.78 Å². The van der Waals surface area contributed by atoms with Gasteiger partial charge in [0.1, 0.15) is 16.5 Å². The minimum Gasteiger partial charge on any atom is -0.207 e. The zero-order valence-corrected chi connectivity index (χ0v) is 12.6. The van der Waals surface area contributed by atoms with Crippen LogP contribution in [0.15, 0.2) is 21.5 Å². The second-order valence-corrected chi connectivity index (χ2v) is 7.21. The Morgan fingerprint density at radius 3 is 2.33 bits per heavy atom. The largest absolute Gasteiger partial charge is 0.246 e. The van der Waals surface area contributed by atoms with Crippen molar-refractivity contribution >= 4 is 26.0 Å². The average Bonchev–Trinajstić information content (AvgIpc) is 2.13. The van der Waals surface area contributed by atoms with Gasteiger partial charge in [0.25, 0.3) is 0 Å². The van der Waals surface area contributed by atoms with Gasteiger partial charge in [-0.15, -0.1) is 0 Å². The van der Waals surface area contributed by atoms with Crippen molar-refractivity contribution in [2.45, 2.75) is 18.7 Å². The Morgan fingerprint density at radius 1 is 1.33 bits per heavy atom. The molecule has 0 unspecified atom stereocenters. The summed E-state index contributed by atoms with van der Waals surface area (Å²) in [4.78, 5) is -0.535. The molecule has 1 aromatic rings. The predicted octanol–water partition coefficient (Wildman–Crippen LogP) is 3.00. The smallest absolute Gasteiger partial charge is 0.207 e. The van der Waals surface area contributed by atoms with Crippen molar-refractivity contribution in [2.75, 3.05) is 13.6 Å². The van der Waals surface area contributed by atoms with Crippen LogP contribution in [0.1, 0.15) is 13.8 Å². The molecule has 18 heavy (non-hydrogen) atoms. The Hall–Kier alpha value is -0.530. The SMILES string of the molecule is CC(C)CN(C)S(=O)(=O)c1c(F)cc(F)cc1Br. The first kappa shape index (κ1) is 15.5. The Balaban J connectivity index is 3.29. The fraction of sp³-hybridized carbons (Fsp3) is 0.455. The highest BCUT2D eigenvalue weighted by Crippen LogP contribution is 2.28. The van der Waals surface area contributed by atoms with Crippen molar-refractivity contribution in [1.82, 2.24) is 4.31 Å². The molecule has 0 N–H and O–H groups in total. The number of hydrogen-bond donors (Lipinski definition) is 0. The van der Waals surface area contributed by atoms with Gasteiger partial charge in [0.05, 0.1) is 0 Å². The molecule has 0 aliphatic heterocycles. The third kappa shape index (κ3) is 3.27. The van der Waals surface area contributed by atoms with Crippen molar-refractivity contribution in [3.05, 3.63) is 28.2 Å². The third-order valence-electron chi connectivity index (χ3n) is 2.25. The topological polar surface area (TPSA) is 37.4 Å². The zero-order chi connectivity index (χ0) is 14.1. The number of benzene rings is 1. The summed E-state index contributed by atoms with van der Waals surface area (Å²) in [5, 5.41) is 0. The molecule has 0 fully saturated rings. The van der Waals surface area contributed by atoms with E-state index in [0.29, 0.717) is 6.07 Å². The van der Waals surface area contributed by atoms with Crippen molar-refractivity contribution in [3.8, 4) is 0 Å². The highest BCUT2D eigenvalue weighted by molar-refractivity contribution is 9.10. The van der Waals surface area contributed by atoms with Crippen LogP contribution >= 0.6 is 15.9 Å². The van der Waals surface area contributed by atoms with Crippen LogP contribution in [0.5, 0.6) is 0 Å². The van der Waals surface area contributed by atoms with Crippen molar-refractivity contribution in [2.24, 2.45) is 5.92 Å². The lowest BCUT2D eigenvalue weighted by Crippen LogP contribution is -2.31. The summed E-state index contributed by atoms with van der Waals surface area (Å²) in [6.45, 7) is 3.95. The van der Waals surface area contributed by atoms with E-state index in [1.807, 2.05) is 13.8 Å². The minimum atomic E-state index is -3.97. The number of sulfonamides is 1. The Morgan fingerprint density at radius 2 is 1.89 bits per heavy atom.